The molecule has 0 radical (unpaired) electrons. The molecule has 4 aliphatic rings. The van der Waals surface area contributed by atoms with Gasteiger partial charge in [-0.05, 0) is 48.9 Å². The molecule has 7 heteroatoms. The maximum absolute atomic E-state index is 13.2. The molecule has 3 amide bonds. The smallest absolute Gasteiger partial charge is 0.255 e. The van der Waals surface area contributed by atoms with Gasteiger partial charge in [-0.1, -0.05) is 18.2 Å². The van der Waals surface area contributed by atoms with E-state index in [1.54, 1.807) is 4.90 Å². The number of imide groups is 1. The third-order valence-corrected chi connectivity index (χ3v) is 6.88. The van der Waals surface area contributed by atoms with E-state index in [2.05, 4.69) is 15.5 Å². The first-order valence-corrected chi connectivity index (χ1v) is 10.2. The summed E-state index contributed by atoms with van der Waals surface area (Å²) in [5, 5.41) is 5.86. The molecule has 0 aromatic heterocycles. The van der Waals surface area contributed by atoms with Crippen LogP contribution in [0.4, 0.5) is 0 Å². The van der Waals surface area contributed by atoms with E-state index in [0.29, 0.717) is 18.4 Å². The minimum atomic E-state index is -0.551. The monoisotopic (exact) mass is 382 g/mol. The molecule has 4 heterocycles. The van der Waals surface area contributed by atoms with Crippen LogP contribution in [0, 0.1) is 5.41 Å². The van der Waals surface area contributed by atoms with Crippen LogP contribution >= 0.6 is 0 Å². The molecule has 2 N–H and O–H groups in total. The van der Waals surface area contributed by atoms with Crippen LogP contribution in [0.5, 0.6) is 0 Å². The molecule has 1 spiro atoms. The Kier molecular flexibility index (Phi) is 4.25. The van der Waals surface area contributed by atoms with E-state index in [9.17, 15) is 14.4 Å². The number of hydrogen-bond acceptors (Lipinski definition) is 5. The maximum Gasteiger partial charge on any atom is 0.255 e. The Balaban J connectivity index is 1.34. The van der Waals surface area contributed by atoms with Crippen molar-refractivity contribution < 1.29 is 14.4 Å². The lowest BCUT2D eigenvalue weighted by atomic mass is 9.86. The van der Waals surface area contributed by atoms with Crippen LogP contribution in [0.15, 0.2) is 18.2 Å². The highest BCUT2D eigenvalue weighted by atomic mass is 16.2. The molecule has 7 nitrogen and oxygen atoms in total. The summed E-state index contributed by atoms with van der Waals surface area (Å²) in [6.07, 6.45) is 3.14. The van der Waals surface area contributed by atoms with Gasteiger partial charge in [-0.15, -0.1) is 0 Å². The summed E-state index contributed by atoms with van der Waals surface area (Å²) in [5.74, 6) is -0.679. The van der Waals surface area contributed by atoms with Gasteiger partial charge in [-0.2, -0.15) is 0 Å². The predicted octanol–water partition coefficient (Wildman–Crippen LogP) is 0.633. The number of nitrogens with one attached hydrogen (secondary N) is 2. The SMILES string of the molecule is O=C1CCC(N2Cc3cccc(CN4CCC5(CCNC5)C4)c3C2=O)C(=O)N1. The molecule has 3 saturated heterocycles. The van der Waals surface area contributed by atoms with Gasteiger partial charge in [0, 0.05) is 38.2 Å². The summed E-state index contributed by atoms with van der Waals surface area (Å²) in [4.78, 5) is 41.0. The fourth-order valence-corrected chi connectivity index (χ4v) is 5.37. The molecule has 3 fully saturated rings. The zero-order valence-corrected chi connectivity index (χ0v) is 16.0. The third-order valence-electron chi connectivity index (χ3n) is 6.88. The topological polar surface area (TPSA) is 81.8 Å². The molecule has 148 valence electrons. The molecule has 0 bridgehead atoms. The van der Waals surface area contributed by atoms with E-state index in [1.807, 2.05) is 18.2 Å². The highest BCUT2D eigenvalue weighted by Gasteiger charge is 2.42. The number of rotatable bonds is 3. The Morgan fingerprint density at radius 2 is 2.07 bits per heavy atom. The first kappa shape index (κ1) is 17.8. The lowest BCUT2D eigenvalue weighted by Crippen LogP contribution is -2.52. The molecule has 1 aromatic carbocycles. The Morgan fingerprint density at radius 3 is 2.86 bits per heavy atom. The summed E-state index contributed by atoms with van der Waals surface area (Å²) in [6, 6.07) is 5.49. The Labute approximate surface area is 164 Å². The van der Waals surface area contributed by atoms with Crippen LogP contribution in [0.2, 0.25) is 0 Å². The van der Waals surface area contributed by atoms with E-state index < -0.39 is 6.04 Å². The fraction of sp³-hybridized carbons (Fsp3) is 0.571. The number of amides is 3. The summed E-state index contributed by atoms with van der Waals surface area (Å²) in [5.41, 5.74) is 3.21. The second-order valence-electron chi connectivity index (χ2n) is 8.74. The van der Waals surface area contributed by atoms with Crippen molar-refractivity contribution >= 4 is 17.7 Å². The van der Waals surface area contributed by atoms with Crippen LogP contribution in [0.25, 0.3) is 0 Å². The van der Waals surface area contributed by atoms with E-state index in [-0.39, 0.29) is 24.1 Å². The van der Waals surface area contributed by atoms with Crippen molar-refractivity contribution in [3.05, 3.63) is 34.9 Å². The lowest BCUT2D eigenvalue weighted by Gasteiger charge is -2.29. The average molecular weight is 382 g/mol. The predicted molar refractivity (Wildman–Crippen MR) is 102 cm³/mol. The van der Waals surface area contributed by atoms with Crippen molar-refractivity contribution in [1.82, 2.24) is 20.4 Å². The van der Waals surface area contributed by atoms with Gasteiger partial charge in [-0.25, -0.2) is 0 Å². The number of fused-ring (bicyclic) bond motifs is 1. The van der Waals surface area contributed by atoms with Gasteiger partial charge in [0.1, 0.15) is 6.04 Å². The number of carbonyl (C=O) groups excluding carboxylic acids is 3. The van der Waals surface area contributed by atoms with Crippen LogP contribution in [0.1, 0.15) is 47.2 Å². The molecular weight excluding hydrogens is 356 g/mol. The van der Waals surface area contributed by atoms with Crippen LogP contribution in [-0.2, 0) is 22.7 Å². The van der Waals surface area contributed by atoms with Crippen LogP contribution < -0.4 is 10.6 Å². The normalized spacial score (nSPS) is 30.4. The van der Waals surface area contributed by atoms with Crippen molar-refractivity contribution in [3.8, 4) is 0 Å². The highest BCUT2D eigenvalue weighted by molar-refractivity contribution is 6.05. The van der Waals surface area contributed by atoms with Crippen LogP contribution in [0.3, 0.4) is 0 Å². The molecule has 2 unspecified atom stereocenters. The molecule has 1 aromatic rings. The Morgan fingerprint density at radius 1 is 1.18 bits per heavy atom. The Bertz CT molecular complexity index is 846. The van der Waals surface area contributed by atoms with E-state index in [1.165, 1.54) is 12.8 Å². The second-order valence-corrected chi connectivity index (χ2v) is 8.74. The minimum Gasteiger partial charge on any atom is -0.322 e. The summed E-state index contributed by atoms with van der Waals surface area (Å²) in [7, 11) is 0. The van der Waals surface area contributed by atoms with Crippen molar-refractivity contribution in [2.45, 2.75) is 44.8 Å². The quantitative estimate of drug-likeness (QED) is 0.750. The van der Waals surface area contributed by atoms with Crippen molar-refractivity contribution in [3.63, 3.8) is 0 Å². The molecular formula is C21H26N4O3. The number of hydrogen-bond donors (Lipinski definition) is 2. The summed E-state index contributed by atoms with van der Waals surface area (Å²) >= 11 is 0. The molecule has 0 aliphatic carbocycles. The number of nitrogens with zero attached hydrogens (tertiary/aromatic N) is 2. The van der Waals surface area contributed by atoms with Gasteiger partial charge >= 0.3 is 0 Å². The zero-order valence-electron chi connectivity index (χ0n) is 16.0. The van der Waals surface area contributed by atoms with Gasteiger partial charge in [0.15, 0.2) is 0 Å². The van der Waals surface area contributed by atoms with Gasteiger partial charge in [-0.3, -0.25) is 24.6 Å². The minimum absolute atomic E-state index is 0.0726. The molecule has 4 aliphatic heterocycles. The van der Waals surface area contributed by atoms with Gasteiger partial charge in [0.2, 0.25) is 11.8 Å². The van der Waals surface area contributed by atoms with Gasteiger partial charge < -0.3 is 10.2 Å². The van der Waals surface area contributed by atoms with Crippen molar-refractivity contribution in [2.75, 3.05) is 26.2 Å². The van der Waals surface area contributed by atoms with Crippen LogP contribution in [-0.4, -0.2) is 59.7 Å². The molecule has 0 saturated carbocycles. The van der Waals surface area contributed by atoms with E-state index >= 15 is 0 Å². The second kappa shape index (κ2) is 6.67. The first-order valence-electron chi connectivity index (χ1n) is 10.2. The number of likely N-dealkylation sites (tertiary alicyclic amines) is 1. The highest BCUT2D eigenvalue weighted by Crippen LogP contribution is 2.37. The third kappa shape index (κ3) is 2.93. The summed E-state index contributed by atoms with van der Waals surface area (Å²) in [6.45, 7) is 5.57. The van der Waals surface area contributed by atoms with Crippen molar-refractivity contribution in [1.29, 1.82) is 0 Å². The molecule has 28 heavy (non-hydrogen) atoms. The number of carbonyl (C=O) groups is 3. The average Bonchev–Trinajstić information content (AvgIpc) is 3.37. The van der Waals surface area contributed by atoms with Gasteiger partial charge in [0.25, 0.3) is 5.91 Å². The fourth-order valence-electron chi connectivity index (χ4n) is 5.37. The van der Waals surface area contributed by atoms with E-state index in [4.69, 9.17) is 0 Å². The first-order chi connectivity index (χ1) is 13.5. The zero-order chi connectivity index (χ0) is 19.3. The molecule has 2 atom stereocenters. The largest absolute Gasteiger partial charge is 0.322 e. The van der Waals surface area contributed by atoms with E-state index in [0.717, 1.165) is 49.4 Å². The number of piperidine rings is 1. The number of benzene rings is 1. The van der Waals surface area contributed by atoms with Crippen molar-refractivity contribution in [2.24, 2.45) is 5.41 Å². The maximum atomic E-state index is 13.2. The summed E-state index contributed by atoms with van der Waals surface area (Å²) < 4.78 is 0. The molecule has 5 rings (SSSR count). The Hall–Kier alpha value is -2.25. The van der Waals surface area contributed by atoms with Gasteiger partial charge in [0.05, 0.1) is 0 Å². The standard InChI is InChI=1S/C21H26N4O3/c26-17-5-4-16(19(27)23-17)25-11-15-3-1-2-14(18(15)20(25)28)10-24-9-7-21(13-24)6-8-22-12-21/h1-3,16,22H,4-13H2,(H,23,26,27). The lowest BCUT2D eigenvalue weighted by molar-refractivity contribution is -0.136.